The number of rotatable bonds is 6. The van der Waals surface area contributed by atoms with Gasteiger partial charge < -0.3 is 4.74 Å². The number of fused-ring (bicyclic) bond motifs is 1. The second kappa shape index (κ2) is 8.82. The summed E-state index contributed by atoms with van der Waals surface area (Å²) in [6, 6.07) is 10.8. The number of nitrogens with zero attached hydrogens (tertiary/aromatic N) is 4. The molecule has 0 spiro atoms. The smallest absolute Gasteiger partial charge is 0.269 e. The van der Waals surface area contributed by atoms with Crippen LogP contribution in [0.3, 0.4) is 0 Å². The first-order chi connectivity index (χ1) is 14.6. The number of ether oxygens (including phenoxy) is 1. The number of aromatic amines is 1. The number of methoxy groups -OCH3 is 1. The summed E-state index contributed by atoms with van der Waals surface area (Å²) >= 11 is 2.41. The topological polar surface area (TPSA) is 95.5 Å². The third kappa shape index (κ3) is 3.89. The quantitative estimate of drug-likeness (QED) is 0.384. The number of hydrogen-bond acceptors (Lipinski definition) is 6. The van der Waals surface area contributed by atoms with Crippen molar-refractivity contribution in [1.29, 1.82) is 0 Å². The van der Waals surface area contributed by atoms with Crippen LogP contribution in [-0.2, 0) is 0 Å². The van der Waals surface area contributed by atoms with Crippen molar-refractivity contribution in [3.8, 4) is 5.75 Å². The highest BCUT2D eigenvalue weighted by Crippen LogP contribution is 2.39. The fourth-order valence-corrected chi connectivity index (χ4v) is 4.04. The maximum atomic E-state index is 13.0. The maximum Gasteiger partial charge on any atom is 0.269 e. The third-order valence-electron chi connectivity index (χ3n) is 4.90. The van der Waals surface area contributed by atoms with E-state index < -0.39 is 0 Å². The SMILES string of the molecule is CCC(I)C1c2[nH]ncc2N=C(c2cccc(OC)c2)N1NC(=O)c1ccncc1. The van der Waals surface area contributed by atoms with Gasteiger partial charge in [-0.05, 0) is 30.7 Å². The molecule has 2 N–H and O–H groups in total. The molecule has 0 fully saturated rings. The molecule has 0 saturated carbocycles. The monoisotopic (exact) mass is 516 g/mol. The van der Waals surface area contributed by atoms with Crippen molar-refractivity contribution in [2.24, 2.45) is 4.99 Å². The summed E-state index contributed by atoms with van der Waals surface area (Å²) in [4.78, 5) is 21.8. The molecule has 0 radical (unpaired) electrons. The number of carbonyl (C=O) groups is 1. The Kier molecular flexibility index (Phi) is 5.98. The average Bonchev–Trinajstić information content (AvgIpc) is 3.27. The summed E-state index contributed by atoms with van der Waals surface area (Å²) in [5, 5.41) is 9.10. The van der Waals surface area contributed by atoms with Crippen LogP contribution in [0.25, 0.3) is 0 Å². The molecule has 9 heteroatoms. The Hall–Kier alpha value is -2.95. The van der Waals surface area contributed by atoms with E-state index in [1.54, 1.807) is 37.8 Å². The molecule has 8 nitrogen and oxygen atoms in total. The van der Waals surface area contributed by atoms with E-state index in [-0.39, 0.29) is 15.9 Å². The Labute approximate surface area is 187 Å². The zero-order valence-corrected chi connectivity index (χ0v) is 18.7. The van der Waals surface area contributed by atoms with E-state index in [0.717, 1.165) is 23.4 Å². The first kappa shape index (κ1) is 20.3. The lowest BCUT2D eigenvalue weighted by atomic mass is 10.0. The van der Waals surface area contributed by atoms with Gasteiger partial charge in [-0.15, -0.1) is 0 Å². The van der Waals surface area contributed by atoms with Crippen molar-refractivity contribution in [2.45, 2.75) is 23.3 Å². The predicted molar refractivity (Wildman–Crippen MR) is 122 cm³/mol. The summed E-state index contributed by atoms with van der Waals surface area (Å²) in [5.41, 5.74) is 6.05. The summed E-state index contributed by atoms with van der Waals surface area (Å²) in [5.74, 6) is 1.11. The molecule has 3 aromatic rings. The molecule has 0 saturated heterocycles. The highest BCUT2D eigenvalue weighted by atomic mass is 127. The van der Waals surface area contributed by atoms with E-state index in [2.05, 4.69) is 50.1 Å². The van der Waals surface area contributed by atoms with Gasteiger partial charge in [0, 0.05) is 27.4 Å². The minimum atomic E-state index is -0.235. The zero-order valence-electron chi connectivity index (χ0n) is 16.5. The molecule has 2 aromatic heterocycles. The van der Waals surface area contributed by atoms with Crippen LogP contribution in [0.1, 0.15) is 41.0 Å². The van der Waals surface area contributed by atoms with E-state index >= 15 is 0 Å². The number of benzene rings is 1. The average molecular weight is 516 g/mol. The summed E-state index contributed by atoms with van der Waals surface area (Å²) in [7, 11) is 1.62. The van der Waals surface area contributed by atoms with Crippen molar-refractivity contribution >= 4 is 40.0 Å². The Bertz CT molecular complexity index is 1070. The molecule has 0 bridgehead atoms. The lowest BCUT2D eigenvalue weighted by Gasteiger charge is -2.38. The van der Waals surface area contributed by atoms with E-state index in [1.807, 2.05) is 29.3 Å². The number of hydrogen-bond donors (Lipinski definition) is 2. The van der Waals surface area contributed by atoms with Gasteiger partial charge in [-0.2, -0.15) is 5.10 Å². The number of alkyl halides is 1. The molecule has 30 heavy (non-hydrogen) atoms. The molecule has 3 heterocycles. The highest BCUT2D eigenvalue weighted by Gasteiger charge is 2.37. The molecule has 4 rings (SSSR count). The summed E-state index contributed by atoms with van der Waals surface area (Å²) < 4.78 is 5.58. The molecule has 1 amide bonds. The number of halogens is 1. The molecule has 0 aliphatic carbocycles. The number of nitrogens with one attached hydrogen (secondary N) is 2. The fraction of sp³-hybridized carbons (Fsp3) is 0.238. The van der Waals surface area contributed by atoms with Gasteiger partial charge in [-0.25, -0.2) is 4.99 Å². The van der Waals surface area contributed by atoms with Crippen LogP contribution in [0.2, 0.25) is 0 Å². The Balaban J connectivity index is 1.81. The molecule has 2 unspecified atom stereocenters. The summed E-state index contributed by atoms with van der Waals surface area (Å²) in [6.07, 6.45) is 5.81. The van der Waals surface area contributed by atoms with Crippen LogP contribution in [-0.4, -0.2) is 43.0 Å². The predicted octanol–water partition coefficient (Wildman–Crippen LogP) is 3.81. The number of amides is 1. The number of hydrazine groups is 1. The van der Waals surface area contributed by atoms with Crippen LogP contribution in [0.15, 0.2) is 60.0 Å². The number of pyridine rings is 1. The Morgan fingerprint density at radius 3 is 2.87 bits per heavy atom. The maximum absolute atomic E-state index is 13.0. The number of aromatic nitrogens is 3. The van der Waals surface area contributed by atoms with E-state index in [9.17, 15) is 4.79 Å². The number of H-pyrrole nitrogens is 1. The molecular weight excluding hydrogens is 495 g/mol. The number of carbonyl (C=O) groups excluding carboxylic acids is 1. The minimum Gasteiger partial charge on any atom is -0.497 e. The zero-order chi connectivity index (χ0) is 21.1. The Morgan fingerprint density at radius 1 is 1.33 bits per heavy atom. The number of aliphatic imine (C=N–C) groups is 1. The fourth-order valence-electron chi connectivity index (χ4n) is 3.36. The van der Waals surface area contributed by atoms with Crippen LogP contribution in [0.5, 0.6) is 5.75 Å². The minimum absolute atomic E-state index is 0.169. The van der Waals surface area contributed by atoms with E-state index in [1.165, 1.54) is 0 Å². The molecule has 1 aromatic carbocycles. The van der Waals surface area contributed by atoms with Gasteiger partial charge in [0.05, 0.1) is 19.0 Å². The second-order valence-corrected chi connectivity index (χ2v) is 8.35. The highest BCUT2D eigenvalue weighted by molar-refractivity contribution is 14.1. The Morgan fingerprint density at radius 2 is 2.13 bits per heavy atom. The van der Waals surface area contributed by atoms with Gasteiger partial charge in [-0.1, -0.05) is 41.6 Å². The van der Waals surface area contributed by atoms with Crippen molar-refractivity contribution in [3.05, 3.63) is 71.8 Å². The van der Waals surface area contributed by atoms with Crippen molar-refractivity contribution < 1.29 is 9.53 Å². The van der Waals surface area contributed by atoms with E-state index in [4.69, 9.17) is 9.73 Å². The van der Waals surface area contributed by atoms with Gasteiger partial charge in [0.2, 0.25) is 0 Å². The van der Waals surface area contributed by atoms with Crippen LogP contribution in [0.4, 0.5) is 5.69 Å². The van der Waals surface area contributed by atoms with Crippen LogP contribution >= 0.6 is 22.6 Å². The molecular formula is C21H21IN6O2. The lowest BCUT2D eigenvalue weighted by Crippen LogP contribution is -2.52. The normalized spacial score (nSPS) is 16.4. The molecule has 1 aliphatic heterocycles. The molecule has 1 aliphatic rings. The lowest BCUT2D eigenvalue weighted by molar-refractivity contribution is 0.0827. The van der Waals surface area contributed by atoms with Crippen molar-refractivity contribution in [1.82, 2.24) is 25.6 Å². The van der Waals surface area contributed by atoms with Gasteiger partial charge in [0.25, 0.3) is 5.91 Å². The van der Waals surface area contributed by atoms with Crippen molar-refractivity contribution in [3.63, 3.8) is 0 Å². The number of amidine groups is 1. The second-order valence-electron chi connectivity index (χ2n) is 6.75. The van der Waals surface area contributed by atoms with Gasteiger partial charge in [0.15, 0.2) is 5.84 Å². The third-order valence-corrected chi connectivity index (χ3v) is 6.46. The molecule has 154 valence electrons. The first-order valence-electron chi connectivity index (χ1n) is 9.53. The van der Waals surface area contributed by atoms with Gasteiger partial charge in [-0.3, -0.25) is 25.3 Å². The van der Waals surface area contributed by atoms with Crippen molar-refractivity contribution in [2.75, 3.05) is 7.11 Å². The molecule has 2 atom stereocenters. The van der Waals surface area contributed by atoms with Gasteiger partial charge >= 0.3 is 0 Å². The van der Waals surface area contributed by atoms with Crippen LogP contribution < -0.4 is 10.2 Å². The van der Waals surface area contributed by atoms with E-state index in [0.29, 0.717) is 17.1 Å². The standard InChI is InChI=1S/C21H21IN6O2/c1-3-16(22)19-18-17(12-24-26-18)25-20(14-5-4-6-15(11-14)30-2)28(19)27-21(29)13-7-9-23-10-8-13/h4-12,16,19H,3H2,1-2H3,(H,24,26)(H,27,29). The van der Waals surface area contributed by atoms with Crippen LogP contribution in [0, 0.1) is 0 Å². The first-order valence-corrected chi connectivity index (χ1v) is 10.8. The largest absolute Gasteiger partial charge is 0.497 e. The van der Waals surface area contributed by atoms with Gasteiger partial charge in [0.1, 0.15) is 17.5 Å². The summed E-state index contributed by atoms with van der Waals surface area (Å²) in [6.45, 7) is 2.12.